The van der Waals surface area contributed by atoms with E-state index in [1.807, 2.05) is 12.2 Å². The lowest BCUT2D eigenvalue weighted by atomic mass is 10.2. The summed E-state index contributed by atoms with van der Waals surface area (Å²) in [5.74, 6) is 0. The van der Waals surface area contributed by atoms with Crippen LogP contribution in [0.5, 0.6) is 0 Å². The topological polar surface area (TPSA) is 29.5 Å². The first-order valence-electron chi connectivity index (χ1n) is 3.32. The Morgan fingerprint density at radius 1 is 1.44 bits per heavy atom. The summed E-state index contributed by atoms with van der Waals surface area (Å²) < 4.78 is 5.13. The highest BCUT2D eigenvalue weighted by Crippen LogP contribution is 2.00. The van der Waals surface area contributed by atoms with E-state index in [1.165, 1.54) is 0 Å². The standard InChI is InChI=1S/C7H12O2/c8-7-3-1-2-5-9-6-4-7/h1,3,7-8H,2,4-6H2. The Labute approximate surface area is 55.1 Å². The van der Waals surface area contributed by atoms with Gasteiger partial charge in [-0.05, 0) is 6.42 Å². The van der Waals surface area contributed by atoms with Gasteiger partial charge in [-0.15, -0.1) is 0 Å². The molecule has 2 heteroatoms. The second kappa shape index (κ2) is 3.64. The molecule has 0 amide bonds. The SMILES string of the molecule is OC1C=CCCOCC1. The largest absolute Gasteiger partial charge is 0.389 e. The molecule has 9 heavy (non-hydrogen) atoms. The molecule has 1 aliphatic rings. The highest BCUT2D eigenvalue weighted by Gasteiger charge is 2.00. The molecule has 0 radical (unpaired) electrons. The molecule has 1 atom stereocenters. The smallest absolute Gasteiger partial charge is 0.0742 e. The molecule has 1 N–H and O–H groups in total. The molecule has 0 aliphatic carbocycles. The van der Waals surface area contributed by atoms with Crippen LogP contribution in [0.1, 0.15) is 12.8 Å². The molecule has 1 heterocycles. The third-order valence-corrected chi connectivity index (χ3v) is 1.35. The van der Waals surface area contributed by atoms with Crippen LogP contribution in [0, 0.1) is 0 Å². The number of aliphatic hydroxyl groups is 1. The maximum absolute atomic E-state index is 9.05. The molecular weight excluding hydrogens is 116 g/mol. The maximum Gasteiger partial charge on any atom is 0.0742 e. The van der Waals surface area contributed by atoms with E-state index in [-0.39, 0.29) is 6.10 Å². The molecule has 0 bridgehead atoms. The van der Waals surface area contributed by atoms with E-state index in [2.05, 4.69) is 0 Å². The fraction of sp³-hybridized carbons (Fsp3) is 0.714. The molecule has 0 aromatic carbocycles. The minimum atomic E-state index is -0.287. The number of aliphatic hydroxyl groups excluding tert-OH is 1. The van der Waals surface area contributed by atoms with Gasteiger partial charge in [-0.2, -0.15) is 0 Å². The lowest BCUT2D eigenvalue weighted by molar-refractivity contribution is 0.0962. The minimum absolute atomic E-state index is 0.287. The number of ether oxygens (including phenoxy) is 1. The van der Waals surface area contributed by atoms with Crippen LogP contribution in [0.3, 0.4) is 0 Å². The summed E-state index contributed by atoms with van der Waals surface area (Å²) in [6, 6.07) is 0. The number of hydrogen-bond donors (Lipinski definition) is 1. The second-order valence-corrected chi connectivity index (χ2v) is 2.19. The molecule has 0 fully saturated rings. The van der Waals surface area contributed by atoms with Gasteiger partial charge in [0, 0.05) is 13.0 Å². The summed E-state index contributed by atoms with van der Waals surface area (Å²) in [5.41, 5.74) is 0. The zero-order valence-corrected chi connectivity index (χ0v) is 5.42. The Morgan fingerprint density at radius 2 is 2.33 bits per heavy atom. The van der Waals surface area contributed by atoms with Crippen LogP contribution in [-0.2, 0) is 4.74 Å². The molecule has 52 valence electrons. The van der Waals surface area contributed by atoms with Crippen LogP contribution >= 0.6 is 0 Å². The fourth-order valence-corrected chi connectivity index (χ4v) is 0.807. The molecule has 0 aromatic heterocycles. The van der Waals surface area contributed by atoms with E-state index in [9.17, 15) is 0 Å². The predicted octanol–water partition coefficient (Wildman–Crippen LogP) is 0.714. The quantitative estimate of drug-likeness (QED) is 0.487. The first-order valence-corrected chi connectivity index (χ1v) is 3.32. The summed E-state index contributed by atoms with van der Waals surface area (Å²) >= 11 is 0. The third-order valence-electron chi connectivity index (χ3n) is 1.35. The predicted molar refractivity (Wildman–Crippen MR) is 35.2 cm³/mol. The summed E-state index contributed by atoms with van der Waals surface area (Å²) in [6.45, 7) is 1.48. The zero-order valence-electron chi connectivity index (χ0n) is 5.42. The van der Waals surface area contributed by atoms with E-state index >= 15 is 0 Å². The first kappa shape index (κ1) is 6.78. The molecule has 0 saturated carbocycles. The third kappa shape index (κ3) is 2.63. The molecule has 0 spiro atoms. The Morgan fingerprint density at radius 3 is 3.22 bits per heavy atom. The molecule has 0 aromatic rings. The lowest BCUT2D eigenvalue weighted by Crippen LogP contribution is -2.10. The van der Waals surface area contributed by atoms with Crippen molar-refractivity contribution >= 4 is 0 Å². The van der Waals surface area contributed by atoms with Crippen molar-refractivity contribution in [1.29, 1.82) is 0 Å². The summed E-state index contributed by atoms with van der Waals surface area (Å²) in [7, 11) is 0. The van der Waals surface area contributed by atoms with Crippen LogP contribution in [0.2, 0.25) is 0 Å². The van der Waals surface area contributed by atoms with Gasteiger partial charge >= 0.3 is 0 Å². The monoisotopic (exact) mass is 128 g/mol. The van der Waals surface area contributed by atoms with Crippen molar-refractivity contribution in [3.8, 4) is 0 Å². The number of hydrogen-bond acceptors (Lipinski definition) is 2. The van der Waals surface area contributed by atoms with Crippen molar-refractivity contribution in [3.05, 3.63) is 12.2 Å². The van der Waals surface area contributed by atoms with Crippen LogP contribution in [-0.4, -0.2) is 24.4 Å². The van der Waals surface area contributed by atoms with Gasteiger partial charge in [-0.3, -0.25) is 0 Å². The van der Waals surface area contributed by atoms with Crippen LogP contribution in [0.15, 0.2) is 12.2 Å². The lowest BCUT2D eigenvalue weighted by Gasteiger charge is -2.08. The van der Waals surface area contributed by atoms with Crippen molar-refractivity contribution in [2.45, 2.75) is 18.9 Å². The molecule has 1 unspecified atom stereocenters. The van der Waals surface area contributed by atoms with Crippen molar-refractivity contribution < 1.29 is 9.84 Å². The zero-order chi connectivity index (χ0) is 6.53. The highest BCUT2D eigenvalue weighted by molar-refractivity contribution is 4.89. The average molecular weight is 128 g/mol. The van der Waals surface area contributed by atoms with Crippen molar-refractivity contribution in [2.75, 3.05) is 13.2 Å². The van der Waals surface area contributed by atoms with Crippen LogP contribution in [0.25, 0.3) is 0 Å². The van der Waals surface area contributed by atoms with Crippen molar-refractivity contribution in [2.24, 2.45) is 0 Å². The number of rotatable bonds is 0. The van der Waals surface area contributed by atoms with Crippen molar-refractivity contribution in [1.82, 2.24) is 0 Å². The van der Waals surface area contributed by atoms with Crippen molar-refractivity contribution in [3.63, 3.8) is 0 Å². The second-order valence-electron chi connectivity index (χ2n) is 2.19. The molecule has 1 aliphatic heterocycles. The average Bonchev–Trinajstić information content (AvgIpc) is 1.79. The summed E-state index contributed by atoms with van der Waals surface area (Å²) in [5, 5.41) is 9.05. The normalized spacial score (nSPS) is 29.2. The van der Waals surface area contributed by atoms with E-state index in [0.29, 0.717) is 6.61 Å². The van der Waals surface area contributed by atoms with Crippen LogP contribution in [0.4, 0.5) is 0 Å². The first-order chi connectivity index (χ1) is 4.39. The minimum Gasteiger partial charge on any atom is -0.389 e. The van der Waals surface area contributed by atoms with E-state index in [1.54, 1.807) is 0 Å². The van der Waals surface area contributed by atoms with Crippen LogP contribution < -0.4 is 0 Å². The van der Waals surface area contributed by atoms with Gasteiger partial charge in [0.2, 0.25) is 0 Å². The molecular formula is C7H12O2. The summed E-state index contributed by atoms with van der Waals surface area (Å²) in [4.78, 5) is 0. The van der Waals surface area contributed by atoms with Gasteiger partial charge in [0.15, 0.2) is 0 Å². The van der Waals surface area contributed by atoms with Gasteiger partial charge in [0.25, 0.3) is 0 Å². The maximum atomic E-state index is 9.05. The molecule has 1 rings (SSSR count). The van der Waals surface area contributed by atoms with Gasteiger partial charge in [0.1, 0.15) is 0 Å². The fourth-order valence-electron chi connectivity index (χ4n) is 0.807. The van der Waals surface area contributed by atoms with Gasteiger partial charge in [-0.25, -0.2) is 0 Å². The van der Waals surface area contributed by atoms with Gasteiger partial charge in [0.05, 0.1) is 12.7 Å². The molecule has 0 saturated heterocycles. The van der Waals surface area contributed by atoms with Gasteiger partial charge < -0.3 is 9.84 Å². The van der Waals surface area contributed by atoms with E-state index < -0.39 is 0 Å². The Kier molecular flexibility index (Phi) is 2.74. The molecule has 2 nitrogen and oxygen atoms in total. The Bertz CT molecular complexity index is 99.1. The van der Waals surface area contributed by atoms with E-state index in [0.717, 1.165) is 19.4 Å². The Balaban J connectivity index is 2.30. The van der Waals surface area contributed by atoms with E-state index in [4.69, 9.17) is 9.84 Å². The van der Waals surface area contributed by atoms with Gasteiger partial charge in [-0.1, -0.05) is 12.2 Å². The highest BCUT2D eigenvalue weighted by atomic mass is 16.5. The Hall–Kier alpha value is -0.340. The summed E-state index contributed by atoms with van der Waals surface area (Å²) in [6.07, 6.45) is 5.17.